The molecular weight excluding hydrogens is 320 g/mol. The van der Waals surface area contributed by atoms with Crippen molar-refractivity contribution in [3.63, 3.8) is 0 Å². The molecule has 0 aliphatic carbocycles. The van der Waals surface area contributed by atoms with Crippen molar-refractivity contribution in [3.8, 4) is 0 Å². The molecule has 142 valence electrons. The van der Waals surface area contributed by atoms with Crippen LogP contribution < -0.4 is 0 Å². The van der Waals surface area contributed by atoms with Crippen LogP contribution >= 0.6 is 0 Å². The van der Waals surface area contributed by atoms with Gasteiger partial charge in [0, 0.05) is 0 Å². The predicted molar refractivity (Wildman–Crippen MR) is 111 cm³/mol. The van der Waals surface area contributed by atoms with E-state index in [0.717, 1.165) is 31.2 Å². The largest absolute Gasteiger partial charge is 0.461 e. The molecule has 0 fully saturated rings. The highest BCUT2D eigenvalue weighted by Gasteiger charge is 2.03. The molecule has 0 aromatic heterocycles. The Morgan fingerprint density at radius 3 is 2.08 bits per heavy atom. The Morgan fingerprint density at radius 2 is 1.46 bits per heavy atom. The molecule has 0 spiro atoms. The van der Waals surface area contributed by atoms with Crippen LogP contribution in [0.3, 0.4) is 0 Å². The van der Waals surface area contributed by atoms with Crippen LogP contribution in [0.4, 0.5) is 0 Å². The SMILES string of the molecule is CC(C)=CCC/C(C)=C/CC/C(C)=C/COC(=O)Cc1ccc(C)cc1. The first kappa shape index (κ1) is 22.0. The van der Waals surface area contributed by atoms with Gasteiger partial charge in [0.2, 0.25) is 0 Å². The van der Waals surface area contributed by atoms with Crippen LogP contribution in [0, 0.1) is 6.92 Å². The van der Waals surface area contributed by atoms with Gasteiger partial charge in [-0.05, 0) is 71.9 Å². The number of ether oxygens (including phenoxy) is 1. The Balaban J connectivity index is 2.25. The first-order chi connectivity index (χ1) is 12.4. The van der Waals surface area contributed by atoms with Crippen molar-refractivity contribution < 1.29 is 9.53 Å². The Kier molecular flexibility index (Phi) is 10.4. The molecule has 2 nitrogen and oxygen atoms in total. The second-order valence-electron chi connectivity index (χ2n) is 7.31. The van der Waals surface area contributed by atoms with Gasteiger partial charge in [-0.2, -0.15) is 0 Å². The number of aryl methyl sites for hydroxylation is 1. The maximum absolute atomic E-state index is 11.9. The van der Waals surface area contributed by atoms with E-state index in [1.165, 1.54) is 22.3 Å². The average Bonchev–Trinajstić information content (AvgIpc) is 2.56. The van der Waals surface area contributed by atoms with Gasteiger partial charge in [0.15, 0.2) is 0 Å². The smallest absolute Gasteiger partial charge is 0.310 e. The highest BCUT2D eigenvalue weighted by Crippen LogP contribution is 2.11. The third-order valence-corrected chi connectivity index (χ3v) is 4.27. The normalized spacial score (nSPS) is 12.0. The quantitative estimate of drug-likeness (QED) is 0.354. The van der Waals surface area contributed by atoms with Gasteiger partial charge < -0.3 is 4.74 Å². The van der Waals surface area contributed by atoms with Gasteiger partial charge >= 0.3 is 5.97 Å². The van der Waals surface area contributed by atoms with Gasteiger partial charge in [-0.3, -0.25) is 4.79 Å². The molecule has 0 heterocycles. The molecule has 0 amide bonds. The monoisotopic (exact) mass is 354 g/mol. The van der Waals surface area contributed by atoms with E-state index >= 15 is 0 Å². The number of benzene rings is 1. The molecule has 0 aliphatic heterocycles. The van der Waals surface area contributed by atoms with Crippen LogP contribution in [-0.2, 0) is 16.0 Å². The summed E-state index contributed by atoms with van der Waals surface area (Å²) in [5.74, 6) is -0.173. The standard InChI is InChI=1S/C24H34O2/c1-19(2)8-6-9-20(3)10-7-11-21(4)16-17-26-24(25)18-23-14-12-22(5)13-15-23/h8,10,12-16H,6-7,9,11,17-18H2,1-5H3/b20-10+,21-16+. The summed E-state index contributed by atoms with van der Waals surface area (Å²) in [5.41, 5.74) is 6.28. The first-order valence-electron chi connectivity index (χ1n) is 9.52. The third kappa shape index (κ3) is 10.7. The highest BCUT2D eigenvalue weighted by molar-refractivity contribution is 5.72. The Bertz CT molecular complexity index is 641. The van der Waals surface area contributed by atoms with Crippen LogP contribution in [0.2, 0.25) is 0 Å². The number of rotatable bonds is 10. The molecule has 2 heteroatoms. The van der Waals surface area contributed by atoms with E-state index < -0.39 is 0 Å². The Labute approximate surface area is 159 Å². The van der Waals surface area contributed by atoms with Crippen molar-refractivity contribution in [3.05, 3.63) is 70.3 Å². The van der Waals surface area contributed by atoms with Crippen LogP contribution in [0.1, 0.15) is 64.5 Å². The molecule has 0 radical (unpaired) electrons. The van der Waals surface area contributed by atoms with Gasteiger partial charge in [0.1, 0.15) is 6.61 Å². The third-order valence-electron chi connectivity index (χ3n) is 4.27. The molecule has 0 N–H and O–H groups in total. The van der Waals surface area contributed by atoms with Crippen molar-refractivity contribution in [1.29, 1.82) is 0 Å². The molecule has 0 unspecified atom stereocenters. The number of carbonyl (C=O) groups excluding carboxylic acids is 1. The fraction of sp³-hybridized carbons (Fsp3) is 0.458. The number of allylic oxidation sites excluding steroid dienone is 5. The van der Waals surface area contributed by atoms with Crippen LogP contribution in [-0.4, -0.2) is 12.6 Å². The summed E-state index contributed by atoms with van der Waals surface area (Å²) in [6, 6.07) is 7.98. The molecule has 0 atom stereocenters. The van der Waals surface area contributed by atoms with E-state index in [0.29, 0.717) is 13.0 Å². The van der Waals surface area contributed by atoms with Gasteiger partial charge in [0.05, 0.1) is 6.42 Å². The van der Waals surface area contributed by atoms with Gasteiger partial charge in [-0.15, -0.1) is 0 Å². The maximum Gasteiger partial charge on any atom is 0.310 e. The number of esters is 1. The van der Waals surface area contributed by atoms with E-state index in [9.17, 15) is 4.79 Å². The molecule has 1 rings (SSSR count). The van der Waals surface area contributed by atoms with Crippen LogP contribution in [0.15, 0.2) is 59.2 Å². The summed E-state index contributed by atoms with van der Waals surface area (Å²) >= 11 is 0. The minimum atomic E-state index is -0.173. The minimum absolute atomic E-state index is 0.173. The fourth-order valence-electron chi connectivity index (χ4n) is 2.54. The fourth-order valence-corrected chi connectivity index (χ4v) is 2.54. The summed E-state index contributed by atoms with van der Waals surface area (Å²) in [6.45, 7) is 11.0. The van der Waals surface area contributed by atoms with Crippen molar-refractivity contribution in [2.24, 2.45) is 0 Å². The van der Waals surface area contributed by atoms with Crippen LogP contribution in [0.25, 0.3) is 0 Å². The van der Waals surface area contributed by atoms with Crippen molar-refractivity contribution >= 4 is 5.97 Å². The predicted octanol–water partition coefficient (Wildman–Crippen LogP) is 6.50. The lowest BCUT2D eigenvalue weighted by molar-refractivity contribution is -0.141. The van der Waals surface area contributed by atoms with Gasteiger partial charge in [-0.1, -0.05) is 58.7 Å². The summed E-state index contributed by atoms with van der Waals surface area (Å²) in [7, 11) is 0. The van der Waals surface area contributed by atoms with E-state index in [1.807, 2.05) is 37.3 Å². The molecule has 26 heavy (non-hydrogen) atoms. The minimum Gasteiger partial charge on any atom is -0.461 e. The first-order valence-corrected chi connectivity index (χ1v) is 9.52. The zero-order valence-electron chi connectivity index (χ0n) is 17.1. The number of hydrogen-bond donors (Lipinski definition) is 0. The Morgan fingerprint density at radius 1 is 0.885 bits per heavy atom. The number of hydrogen-bond acceptors (Lipinski definition) is 2. The number of carbonyl (C=O) groups is 1. The molecule has 1 aromatic carbocycles. The molecule has 1 aromatic rings. The molecular formula is C24H34O2. The second kappa shape index (κ2) is 12.3. The van der Waals surface area contributed by atoms with E-state index in [4.69, 9.17) is 4.74 Å². The zero-order chi connectivity index (χ0) is 19.4. The maximum atomic E-state index is 11.9. The zero-order valence-corrected chi connectivity index (χ0v) is 17.1. The van der Waals surface area contributed by atoms with E-state index in [1.54, 1.807) is 0 Å². The van der Waals surface area contributed by atoms with Crippen molar-refractivity contribution in [2.45, 2.75) is 66.7 Å². The highest BCUT2D eigenvalue weighted by atomic mass is 16.5. The summed E-state index contributed by atoms with van der Waals surface area (Å²) < 4.78 is 5.31. The molecule has 0 aliphatic rings. The van der Waals surface area contributed by atoms with Gasteiger partial charge in [0.25, 0.3) is 0 Å². The van der Waals surface area contributed by atoms with Crippen molar-refractivity contribution in [2.75, 3.05) is 6.61 Å². The molecule has 0 saturated carbocycles. The summed E-state index contributed by atoms with van der Waals surface area (Å²) in [5, 5.41) is 0. The lowest BCUT2D eigenvalue weighted by Gasteiger charge is -2.04. The lowest BCUT2D eigenvalue weighted by Crippen LogP contribution is -2.08. The van der Waals surface area contributed by atoms with Crippen molar-refractivity contribution in [1.82, 2.24) is 0 Å². The lowest BCUT2D eigenvalue weighted by atomic mass is 10.1. The van der Waals surface area contributed by atoms with E-state index in [-0.39, 0.29) is 5.97 Å². The average molecular weight is 355 g/mol. The topological polar surface area (TPSA) is 26.3 Å². The molecule has 0 bridgehead atoms. The van der Waals surface area contributed by atoms with Gasteiger partial charge in [-0.25, -0.2) is 0 Å². The summed E-state index contributed by atoms with van der Waals surface area (Å²) in [4.78, 5) is 11.9. The Hall–Kier alpha value is -2.09. The molecule has 0 saturated heterocycles. The van der Waals surface area contributed by atoms with Crippen LogP contribution in [0.5, 0.6) is 0 Å². The van der Waals surface area contributed by atoms with E-state index in [2.05, 4.69) is 39.8 Å². The summed E-state index contributed by atoms with van der Waals surface area (Å²) in [6.07, 6.45) is 11.3. The second-order valence-corrected chi connectivity index (χ2v) is 7.31.